The number of hydrogen-bond donors (Lipinski definition) is 1. The van der Waals surface area contributed by atoms with Crippen molar-refractivity contribution in [3.63, 3.8) is 0 Å². The minimum absolute atomic E-state index is 0.0118. The lowest BCUT2D eigenvalue weighted by atomic mass is 10.00. The fraction of sp³-hybridized carbons (Fsp3) is 0.176. The maximum atomic E-state index is 12.2. The lowest BCUT2D eigenvalue weighted by molar-refractivity contribution is -0.109. The molecule has 2 aromatic rings. The van der Waals surface area contributed by atoms with Crippen LogP contribution >= 0.6 is 0 Å². The SMILES string of the molecule is CN[C@H](C=O)Cc1ccc(C(=O)c2ccccc2)cc1. The minimum atomic E-state index is -0.189. The number of benzene rings is 2. The van der Waals surface area contributed by atoms with Crippen molar-refractivity contribution in [3.05, 3.63) is 71.3 Å². The second kappa shape index (κ2) is 6.78. The summed E-state index contributed by atoms with van der Waals surface area (Å²) in [6.07, 6.45) is 1.52. The van der Waals surface area contributed by atoms with E-state index in [9.17, 15) is 9.59 Å². The van der Waals surface area contributed by atoms with Gasteiger partial charge in [-0.05, 0) is 19.0 Å². The van der Waals surface area contributed by atoms with Crippen molar-refractivity contribution in [1.82, 2.24) is 5.32 Å². The first kappa shape index (κ1) is 14.2. The van der Waals surface area contributed by atoms with Crippen LogP contribution in [0.15, 0.2) is 54.6 Å². The average Bonchev–Trinajstić information content (AvgIpc) is 2.53. The van der Waals surface area contributed by atoms with Crippen LogP contribution in [-0.2, 0) is 11.2 Å². The fourth-order valence-corrected chi connectivity index (χ4v) is 2.02. The molecule has 3 heteroatoms. The number of carbonyl (C=O) groups is 2. The van der Waals surface area contributed by atoms with E-state index in [4.69, 9.17) is 0 Å². The van der Waals surface area contributed by atoms with E-state index in [-0.39, 0.29) is 11.8 Å². The van der Waals surface area contributed by atoms with E-state index < -0.39 is 0 Å². The van der Waals surface area contributed by atoms with Crippen LogP contribution < -0.4 is 5.32 Å². The summed E-state index contributed by atoms with van der Waals surface area (Å²) in [6.45, 7) is 0. The zero-order valence-electron chi connectivity index (χ0n) is 11.4. The van der Waals surface area contributed by atoms with Crippen molar-refractivity contribution in [2.24, 2.45) is 0 Å². The van der Waals surface area contributed by atoms with Gasteiger partial charge in [0.2, 0.25) is 0 Å². The van der Waals surface area contributed by atoms with E-state index in [1.54, 1.807) is 19.2 Å². The minimum Gasteiger partial charge on any atom is -0.311 e. The third-order valence-electron chi connectivity index (χ3n) is 3.24. The number of nitrogens with one attached hydrogen (secondary N) is 1. The van der Waals surface area contributed by atoms with Gasteiger partial charge in [0, 0.05) is 11.1 Å². The summed E-state index contributed by atoms with van der Waals surface area (Å²) < 4.78 is 0. The highest BCUT2D eigenvalue weighted by molar-refractivity contribution is 6.08. The van der Waals surface area contributed by atoms with E-state index >= 15 is 0 Å². The molecule has 102 valence electrons. The van der Waals surface area contributed by atoms with E-state index in [1.165, 1.54) is 0 Å². The summed E-state index contributed by atoms with van der Waals surface area (Å²) in [5.74, 6) is 0.0118. The van der Waals surface area contributed by atoms with Crippen LogP contribution in [0.1, 0.15) is 21.5 Å². The zero-order valence-corrected chi connectivity index (χ0v) is 11.4. The molecule has 1 N–H and O–H groups in total. The van der Waals surface area contributed by atoms with Gasteiger partial charge in [-0.3, -0.25) is 4.79 Å². The topological polar surface area (TPSA) is 46.2 Å². The third-order valence-corrected chi connectivity index (χ3v) is 3.24. The Morgan fingerprint density at radius 2 is 1.65 bits per heavy atom. The Morgan fingerprint density at radius 3 is 2.20 bits per heavy atom. The predicted molar refractivity (Wildman–Crippen MR) is 78.9 cm³/mol. The molecule has 0 unspecified atom stereocenters. The fourth-order valence-electron chi connectivity index (χ4n) is 2.02. The Hall–Kier alpha value is -2.26. The first-order valence-corrected chi connectivity index (χ1v) is 6.56. The average molecular weight is 267 g/mol. The molecule has 0 saturated heterocycles. The van der Waals surface area contributed by atoms with Crippen LogP contribution in [0.5, 0.6) is 0 Å². The Bertz CT molecular complexity index is 576. The van der Waals surface area contributed by atoms with Gasteiger partial charge in [0.15, 0.2) is 5.78 Å². The van der Waals surface area contributed by atoms with Gasteiger partial charge >= 0.3 is 0 Å². The molecule has 0 bridgehead atoms. The van der Waals surface area contributed by atoms with Gasteiger partial charge < -0.3 is 10.1 Å². The van der Waals surface area contributed by atoms with E-state index in [1.807, 2.05) is 42.5 Å². The van der Waals surface area contributed by atoms with Gasteiger partial charge in [-0.15, -0.1) is 0 Å². The number of rotatable bonds is 6. The number of likely N-dealkylation sites (N-methyl/N-ethyl adjacent to an activating group) is 1. The molecule has 3 nitrogen and oxygen atoms in total. The summed E-state index contributed by atoms with van der Waals surface area (Å²) in [6, 6.07) is 16.4. The predicted octanol–water partition coefficient (Wildman–Crippen LogP) is 2.25. The molecule has 20 heavy (non-hydrogen) atoms. The second-order valence-corrected chi connectivity index (χ2v) is 4.63. The quantitative estimate of drug-likeness (QED) is 0.645. The normalized spacial score (nSPS) is 11.8. The summed E-state index contributed by atoms with van der Waals surface area (Å²) >= 11 is 0. The molecule has 2 rings (SSSR count). The van der Waals surface area contributed by atoms with Crippen molar-refractivity contribution in [3.8, 4) is 0 Å². The van der Waals surface area contributed by atoms with Crippen molar-refractivity contribution < 1.29 is 9.59 Å². The molecule has 0 aliphatic rings. The highest BCUT2D eigenvalue weighted by Crippen LogP contribution is 2.12. The van der Waals surface area contributed by atoms with Crippen LogP contribution in [0.2, 0.25) is 0 Å². The van der Waals surface area contributed by atoms with E-state index in [2.05, 4.69) is 5.32 Å². The standard InChI is InChI=1S/C17H17NO2/c1-18-16(12-19)11-13-7-9-15(10-8-13)17(20)14-5-3-2-4-6-14/h2-10,12,16,18H,11H2,1H3/t16-/m0/s1. The molecular weight excluding hydrogens is 250 g/mol. The monoisotopic (exact) mass is 267 g/mol. The van der Waals surface area contributed by atoms with Crippen LogP contribution in [0.4, 0.5) is 0 Å². The first-order chi connectivity index (χ1) is 9.74. The first-order valence-electron chi connectivity index (χ1n) is 6.56. The van der Waals surface area contributed by atoms with Crippen LogP contribution in [0.25, 0.3) is 0 Å². The Kier molecular flexibility index (Phi) is 4.80. The second-order valence-electron chi connectivity index (χ2n) is 4.63. The summed E-state index contributed by atoms with van der Waals surface area (Å²) in [4.78, 5) is 23.0. The van der Waals surface area contributed by atoms with E-state index in [0.717, 1.165) is 11.8 Å². The van der Waals surface area contributed by atoms with Crippen molar-refractivity contribution >= 4 is 12.1 Å². The number of carbonyl (C=O) groups excluding carboxylic acids is 2. The van der Waals surface area contributed by atoms with Crippen molar-refractivity contribution in [1.29, 1.82) is 0 Å². The number of aldehydes is 1. The smallest absolute Gasteiger partial charge is 0.193 e. The molecule has 1 atom stereocenters. The van der Waals surface area contributed by atoms with Crippen LogP contribution in [0, 0.1) is 0 Å². The van der Waals surface area contributed by atoms with E-state index in [0.29, 0.717) is 17.5 Å². The molecule has 0 fully saturated rings. The molecule has 0 aromatic heterocycles. The highest BCUT2D eigenvalue weighted by Gasteiger charge is 2.09. The van der Waals surface area contributed by atoms with Crippen LogP contribution in [0.3, 0.4) is 0 Å². The summed E-state index contributed by atoms with van der Waals surface area (Å²) in [7, 11) is 1.76. The summed E-state index contributed by atoms with van der Waals surface area (Å²) in [5, 5.41) is 2.93. The Balaban J connectivity index is 2.12. The maximum Gasteiger partial charge on any atom is 0.193 e. The van der Waals surface area contributed by atoms with Crippen molar-refractivity contribution in [2.45, 2.75) is 12.5 Å². The Morgan fingerprint density at radius 1 is 1.05 bits per heavy atom. The van der Waals surface area contributed by atoms with Crippen molar-refractivity contribution in [2.75, 3.05) is 7.05 Å². The molecule has 2 aromatic carbocycles. The lowest BCUT2D eigenvalue weighted by Crippen LogP contribution is -2.28. The highest BCUT2D eigenvalue weighted by atomic mass is 16.1. The molecule has 0 amide bonds. The molecule has 0 spiro atoms. The van der Waals surface area contributed by atoms with Gasteiger partial charge in [0.1, 0.15) is 6.29 Å². The number of ketones is 1. The molecule has 0 aliphatic heterocycles. The Labute approximate surface area is 118 Å². The zero-order chi connectivity index (χ0) is 14.4. The van der Waals surface area contributed by atoms with Gasteiger partial charge in [0.25, 0.3) is 0 Å². The van der Waals surface area contributed by atoms with Gasteiger partial charge in [-0.1, -0.05) is 54.6 Å². The van der Waals surface area contributed by atoms with Gasteiger partial charge in [0.05, 0.1) is 6.04 Å². The van der Waals surface area contributed by atoms with Gasteiger partial charge in [-0.2, -0.15) is 0 Å². The molecule has 0 saturated carbocycles. The largest absolute Gasteiger partial charge is 0.311 e. The lowest BCUT2D eigenvalue weighted by Gasteiger charge is -2.09. The molecule has 0 aliphatic carbocycles. The molecular formula is C17H17NO2. The van der Waals surface area contributed by atoms with Gasteiger partial charge in [-0.25, -0.2) is 0 Å². The van der Waals surface area contributed by atoms with Crippen LogP contribution in [-0.4, -0.2) is 25.2 Å². The molecule has 0 radical (unpaired) electrons. The summed E-state index contributed by atoms with van der Waals surface area (Å²) in [5.41, 5.74) is 2.37. The molecule has 0 heterocycles. The number of hydrogen-bond acceptors (Lipinski definition) is 3. The third kappa shape index (κ3) is 3.39. The maximum absolute atomic E-state index is 12.2.